The lowest BCUT2D eigenvalue weighted by molar-refractivity contribution is -0.122. The molecule has 0 spiro atoms. The van der Waals surface area contributed by atoms with Crippen molar-refractivity contribution in [2.45, 2.75) is 51.5 Å². The minimum Gasteiger partial charge on any atom is -0.483 e. The molecule has 30 heavy (non-hydrogen) atoms. The number of fused-ring (bicyclic) bond motifs is 4. The van der Waals surface area contributed by atoms with E-state index in [1.54, 1.807) is 0 Å². The number of rotatable bonds is 8. The van der Waals surface area contributed by atoms with E-state index in [1.807, 2.05) is 6.07 Å². The maximum atomic E-state index is 12.8. The van der Waals surface area contributed by atoms with Gasteiger partial charge in [0.15, 0.2) is 0 Å². The van der Waals surface area contributed by atoms with Crippen molar-refractivity contribution < 1.29 is 14.7 Å². The van der Waals surface area contributed by atoms with E-state index < -0.39 is 0 Å². The van der Waals surface area contributed by atoms with E-state index in [0.29, 0.717) is 11.6 Å². The van der Waals surface area contributed by atoms with Gasteiger partial charge in [0, 0.05) is 30.2 Å². The first-order chi connectivity index (χ1) is 14.7. The molecule has 3 aliphatic rings. The van der Waals surface area contributed by atoms with E-state index in [1.165, 1.54) is 63.1 Å². The van der Waals surface area contributed by atoms with Crippen molar-refractivity contribution in [3.8, 4) is 0 Å². The van der Waals surface area contributed by atoms with Crippen molar-refractivity contribution in [1.82, 2.24) is 14.6 Å². The van der Waals surface area contributed by atoms with Crippen molar-refractivity contribution in [1.29, 1.82) is 0 Å². The van der Waals surface area contributed by atoms with E-state index in [0.717, 1.165) is 28.9 Å². The van der Waals surface area contributed by atoms with Gasteiger partial charge in [-0.3, -0.25) is 9.59 Å². The van der Waals surface area contributed by atoms with E-state index in [4.69, 9.17) is 9.90 Å². The molecule has 0 aliphatic carbocycles. The number of aromatic nitrogens is 1. The molecule has 1 atom stereocenters. The molecule has 0 radical (unpaired) electrons. The van der Waals surface area contributed by atoms with Gasteiger partial charge < -0.3 is 20.6 Å². The number of nitrogens with one attached hydrogen (secondary N) is 2. The van der Waals surface area contributed by atoms with E-state index in [-0.39, 0.29) is 18.4 Å². The highest BCUT2D eigenvalue weighted by Crippen LogP contribution is 2.29. The zero-order valence-electron chi connectivity index (χ0n) is 17.6. The van der Waals surface area contributed by atoms with Crippen molar-refractivity contribution >= 4 is 39.7 Å². The Morgan fingerprint density at radius 2 is 2.07 bits per heavy atom. The zero-order chi connectivity index (χ0) is 21.3. The second kappa shape index (κ2) is 11.3. The highest BCUT2D eigenvalue weighted by Gasteiger charge is 2.35. The molecule has 2 bridgehead atoms. The largest absolute Gasteiger partial charge is 0.483 e. The third kappa shape index (κ3) is 5.70. The summed E-state index contributed by atoms with van der Waals surface area (Å²) in [5, 5.41) is 14.6. The van der Waals surface area contributed by atoms with Crippen LogP contribution in [-0.4, -0.2) is 59.0 Å². The molecule has 1 aromatic heterocycles. The number of nitrogens with zero attached hydrogens (tertiary/aromatic N) is 2. The normalized spacial score (nSPS) is 22.2. The minimum absolute atomic E-state index is 0.0136. The standard InChI is InChI=1S/C21H30N4OS.CH2O2/c1-2-3-4-5-10-22-16-6-7-17-19(13-16)27-24-20(17)21(26)23-18-14-25-11-8-15(18)9-12-25;2-1-3/h6-7,13,15,18,22H,2-5,8-12,14H2,1H3,(H,23,26);1H,(H,2,3)/t18-;/m1./s1. The van der Waals surface area contributed by atoms with Gasteiger partial charge in [-0.25, -0.2) is 0 Å². The molecule has 4 heterocycles. The number of piperidine rings is 3. The van der Waals surface area contributed by atoms with Crippen LogP contribution in [0.2, 0.25) is 0 Å². The summed E-state index contributed by atoms with van der Waals surface area (Å²) in [6, 6.07) is 6.51. The van der Waals surface area contributed by atoms with Gasteiger partial charge in [0.1, 0.15) is 5.69 Å². The Balaban J connectivity index is 0.000000806. The topological polar surface area (TPSA) is 94.6 Å². The number of unbranched alkanes of at least 4 members (excludes halogenated alkanes) is 3. The van der Waals surface area contributed by atoms with Gasteiger partial charge in [-0.2, -0.15) is 4.37 Å². The Bertz CT molecular complexity index is 833. The van der Waals surface area contributed by atoms with Crippen molar-refractivity contribution in [3.63, 3.8) is 0 Å². The van der Waals surface area contributed by atoms with E-state index >= 15 is 0 Å². The number of carboxylic acid groups (broad SMARTS) is 1. The Morgan fingerprint density at radius 1 is 1.30 bits per heavy atom. The molecular formula is C22H32N4O3S. The maximum Gasteiger partial charge on any atom is 0.290 e. The van der Waals surface area contributed by atoms with Gasteiger partial charge >= 0.3 is 0 Å². The molecule has 3 saturated heterocycles. The highest BCUT2D eigenvalue weighted by molar-refractivity contribution is 7.13. The van der Waals surface area contributed by atoms with E-state index in [9.17, 15) is 4.79 Å². The van der Waals surface area contributed by atoms with Gasteiger partial charge in [-0.05, 0) is 68.0 Å². The first-order valence-corrected chi connectivity index (χ1v) is 11.7. The molecule has 3 aliphatic heterocycles. The van der Waals surface area contributed by atoms with Gasteiger partial charge in [0.2, 0.25) is 0 Å². The zero-order valence-corrected chi connectivity index (χ0v) is 18.4. The summed E-state index contributed by atoms with van der Waals surface area (Å²) < 4.78 is 5.55. The molecule has 0 saturated carbocycles. The molecule has 3 fully saturated rings. The molecule has 8 heteroatoms. The molecule has 3 N–H and O–H groups in total. The van der Waals surface area contributed by atoms with Gasteiger partial charge in [0.05, 0.1) is 4.70 Å². The Morgan fingerprint density at radius 3 is 2.73 bits per heavy atom. The molecule has 5 rings (SSSR count). The molecule has 7 nitrogen and oxygen atoms in total. The molecule has 2 aromatic rings. The van der Waals surface area contributed by atoms with Crippen LogP contribution >= 0.6 is 11.5 Å². The first kappa shape index (κ1) is 22.5. The van der Waals surface area contributed by atoms with Gasteiger partial charge in [0.25, 0.3) is 12.4 Å². The predicted molar refractivity (Wildman–Crippen MR) is 121 cm³/mol. The number of carbonyl (C=O) groups is 2. The minimum atomic E-state index is -0.250. The monoisotopic (exact) mass is 432 g/mol. The molecule has 164 valence electrons. The Labute approximate surface area is 182 Å². The Kier molecular flexibility index (Phi) is 8.45. The van der Waals surface area contributed by atoms with Crippen LogP contribution in [0.1, 0.15) is 55.9 Å². The molecule has 1 aromatic carbocycles. The summed E-state index contributed by atoms with van der Waals surface area (Å²) in [6.07, 6.45) is 7.44. The lowest BCUT2D eigenvalue weighted by atomic mass is 9.84. The summed E-state index contributed by atoms with van der Waals surface area (Å²) in [5.74, 6) is 0.618. The first-order valence-electron chi connectivity index (χ1n) is 10.9. The Hall–Kier alpha value is -2.19. The number of benzene rings is 1. The predicted octanol–water partition coefficient (Wildman–Crippen LogP) is 3.81. The van der Waals surface area contributed by atoms with Crippen molar-refractivity contribution in [3.05, 3.63) is 23.9 Å². The van der Waals surface area contributed by atoms with Crippen LogP contribution in [0.3, 0.4) is 0 Å². The van der Waals surface area contributed by atoms with Crippen LogP contribution in [-0.2, 0) is 4.79 Å². The quantitative estimate of drug-likeness (QED) is 0.434. The van der Waals surface area contributed by atoms with E-state index in [2.05, 4.69) is 39.0 Å². The second-order valence-corrected chi connectivity index (χ2v) is 8.86. The number of amides is 1. The fourth-order valence-corrected chi connectivity index (χ4v) is 5.17. The van der Waals surface area contributed by atoms with Crippen LogP contribution in [0.25, 0.3) is 10.1 Å². The third-order valence-electron chi connectivity index (χ3n) is 6.02. The van der Waals surface area contributed by atoms with Crippen LogP contribution < -0.4 is 10.6 Å². The average molecular weight is 433 g/mol. The molecule has 0 unspecified atom stereocenters. The molecule has 1 amide bonds. The van der Waals surface area contributed by atoms with Gasteiger partial charge in [-0.1, -0.05) is 26.2 Å². The number of hydrogen-bond donors (Lipinski definition) is 3. The summed E-state index contributed by atoms with van der Waals surface area (Å²) in [4.78, 5) is 23.6. The van der Waals surface area contributed by atoms with Crippen molar-refractivity contribution in [2.24, 2.45) is 5.92 Å². The van der Waals surface area contributed by atoms with Crippen molar-refractivity contribution in [2.75, 3.05) is 31.5 Å². The lowest BCUT2D eigenvalue weighted by Gasteiger charge is -2.44. The summed E-state index contributed by atoms with van der Waals surface area (Å²) in [7, 11) is 0. The summed E-state index contributed by atoms with van der Waals surface area (Å²) in [5.41, 5.74) is 1.70. The second-order valence-electron chi connectivity index (χ2n) is 8.05. The fraction of sp³-hybridized carbons (Fsp3) is 0.591. The number of carbonyl (C=O) groups excluding carboxylic acids is 1. The highest BCUT2D eigenvalue weighted by atomic mass is 32.1. The molecular weight excluding hydrogens is 400 g/mol. The number of anilines is 1. The van der Waals surface area contributed by atoms with Crippen LogP contribution in [0.15, 0.2) is 18.2 Å². The third-order valence-corrected chi connectivity index (χ3v) is 6.83. The SMILES string of the molecule is CCCCCCNc1ccc2c(C(=O)N[C@@H]3CN4CCC3CC4)nsc2c1.O=CO. The fourth-order valence-electron chi connectivity index (χ4n) is 4.36. The van der Waals surface area contributed by atoms with Crippen LogP contribution in [0, 0.1) is 5.92 Å². The van der Waals surface area contributed by atoms with Crippen LogP contribution in [0.4, 0.5) is 5.69 Å². The smallest absolute Gasteiger partial charge is 0.290 e. The van der Waals surface area contributed by atoms with Gasteiger partial charge in [-0.15, -0.1) is 0 Å². The number of hydrogen-bond acceptors (Lipinski definition) is 6. The lowest BCUT2D eigenvalue weighted by Crippen LogP contribution is -2.57. The maximum absolute atomic E-state index is 12.8. The van der Waals surface area contributed by atoms with Crippen LogP contribution in [0.5, 0.6) is 0 Å². The summed E-state index contributed by atoms with van der Waals surface area (Å²) in [6.45, 7) is 6.34. The average Bonchev–Trinajstić information content (AvgIpc) is 3.18. The summed E-state index contributed by atoms with van der Waals surface area (Å²) >= 11 is 1.42.